The number of rotatable bonds is 2. The summed E-state index contributed by atoms with van der Waals surface area (Å²) in [6, 6.07) is 5.91. The van der Waals surface area contributed by atoms with Crippen LogP contribution in [0.5, 0.6) is 0 Å². The number of hydrogen-bond acceptors (Lipinski definition) is 2. The summed E-state index contributed by atoms with van der Waals surface area (Å²) in [5.41, 5.74) is 11.6. The Balaban J connectivity index is 0.00000121. The molecular formula is C8H12ClFN2. The third kappa shape index (κ3) is 2.77. The maximum absolute atomic E-state index is 12.6. The van der Waals surface area contributed by atoms with E-state index in [0.717, 1.165) is 5.56 Å². The highest BCUT2D eigenvalue weighted by molar-refractivity contribution is 5.85. The van der Waals surface area contributed by atoms with Gasteiger partial charge < -0.3 is 11.5 Å². The van der Waals surface area contributed by atoms with Gasteiger partial charge in [-0.1, -0.05) is 12.1 Å². The molecule has 0 aliphatic carbocycles. The minimum atomic E-state index is -0.272. The van der Waals surface area contributed by atoms with Gasteiger partial charge in [-0.2, -0.15) is 0 Å². The number of nitrogens with two attached hydrogens (primary N) is 2. The molecule has 1 atom stereocenters. The Hall–Kier alpha value is -0.640. The second kappa shape index (κ2) is 5.09. The van der Waals surface area contributed by atoms with Crippen LogP contribution >= 0.6 is 12.4 Å². The second-order valence-corrected chi connectivity index (χ2v) is 2.40. The zero-order chi connectivity index (χ0) is 8.27. The van der Waals surface area contributed by atoms with Crippen molar-refractivity contribution in [2.75, 3.05) is 6.54 Å². The number of hydrogen-bond donors (Lipinski definition) is 2. The van der Waals surface area contributed by atoms with Gasteiger partial charge in [0, 0.05) is 12.6 Å². The smallest absolute Gasteiger partial charge is 0.123 e. The van der Waals surface area contributed by atoms with Gasteiger partial charge in [-0.05, 0) is 17.7 Å². The van der Waals surface area contributed by atoms with Gasteiger partial charge in [0.15, 0.2) is 0 Å². The lowest BCUT2D eigenvalue weighted by Gasteiger charge is -2.07. The van der Waals surface area contributed by atoms with Crippen LogP contribution in [0.1, 0.15) is 11.6 Å². The minimum absolute atomic E-state index is 0. The van der Waals surface area contributed by atoms with Crippen LogP contribution in [0.4, 0.5) is 4.39 Å². The molecule has 0 saturated carbocycles. The van der Waals surface area contributed by atoms with Crippen LogP contribution in [0.15, 0.2) is 24.3 Å². The van der Waals surface area contributed by atoms with Crippen molar-refractivity contribution < 1.29 is 4.39 Å². The van der Waals surface area contributed by atoms with Crippen molar-refractivity contribution in [1.82, 2.24) is 0 Å². The molecule has 0 saturated heterocycles. The topological polar surface area (TPSA) is 52.0 Å². The summed E-state index contributed by atoms with van der Waals surface area (Å²) in [6.07, 6.45) is 0. The Bertz CT molecular complexity index is 242. The molecule has 1 rings (SSSR count). The maximum Gasteiger partial charge on any atom is 0.123 e. The highest BCUT2D eigenvalue weighted by atomic mass is 35.5. The van der Waals surface area contributed by atoms with E-state index in [4.69, 9.17) is 11.5 Å². The Kier molecular flexibility index (Phi) is 4.81. The van der Waals surface area contributed by atoms with E-state index >= 15 is 0 Å². The lowest BCUT2D eigenvalue weighted by molar-refractivity contribution is 0.620. The van der Waals surface area contributed by atoms with Crippen LogP contribution in [0.3, 0.4) is 0 Å². The van der Waals surface area contributed by atoms with Gasteiger partial charge in [-0.15, -0.1) is 12.4 Å². The van der Waals surface area contributed by atoms with E-state index in [9.17, 15) is 4.39 Å². The van der Waals surface area contributed by atoms with Crippen LogP contribution in [0, 0.1) is 5.82 Å². The van der Waals surface area contributed by atoms with E-state index < -0.39 is 0 Å². The van der Waals surface area contributed by atoms with E-state index in [1.165, 1.54) is 12.1 Å². The molecule has 0 heterocycles. The van der Waals surface area contributed by atoms with Crippen LogP contribution in [-0.2, 0) is 0 Å². The van der Waals surface area contributed by atoms with Gasteiger partial charge in [0.2, 0.25) is 0 Å². The Morgan fingerprint density at radius 3 is 2.58 bits per heavy atom. The average molecular weight is 191 g/mol. The fourth-order valence-corrected chi connectivity index (χ4v) is 0.873. The first-order valence-electron chi connectivity index (χ1n) is 3.45. The standard InChI is InChI=1S/C8H11FN2.ClH/c9-7-3-1-2-6(4-7)8(11)5-10;/h1-4,8H,5,10-11H2;1H/t8-;/m1./s1. The summed E-state index contributed by atoms with van der Waals surface area (Å²) < 4.78 is 12.6. The predicted molar refractivity (Wildman–Crippen MR) is 49.6 cm³/mol. The molecule has 0 fully saturated rings. The minimum Gasteiger partial charge on any atom is -0.329 e. The third-order valence-corrected chi connectivity index (χ3v) is 1.53. The third-order valence-electron chi connectivity index (χ3n) is 1.53. The van der Waals surface area contributed by atoms with Crippen molar-refractivity contribution in [3.63, 3.8) is 0 Å². The number of benzene rings is 1. The molecule has 68 valence electrons. The lowest BCUT2D eigenvalue weighted by atomic mass is 10.1. The lowest BCUT2D eigenvalue weighted by Crippen LogP contribution is -2.20. The monoisotopic (exact) mass is 190 g/mol. The quantitative estimate of drug-likeness (QED) is 0.737. The van der Waals surface area contributed by atoms with Crippen molar-refractivity contribution in [2.24, 2.45) is 11.5 Å². The Morgan fingerprint density at radius 2 is 2.08 bits per heavy atom. The van der Waals surface area contributed by atoms with Crippen molar-refractivity contribution in [2.45, 2.75) is 6.04 Å². The van der Waals surface area contributed by atoms with E-state index in [2.05, 4.69) is 0 Å². The van der Waals surface area contributed by atoms with E-state index in [0.29, 0.717) is 6.54 Å². The molecule has 1 aromatic rings. The van der Waals surface area contributed by atoms with Crippen LogP contribution in [0.25, 0.3) is 0 Å². The van der Waals surface area contributed by atoms with Crippen molar-refractivity contribution >= 4 is 12.4 Å². The molecule has 1 aromatic carbocycles. The molecule has 0 spiro atoms. The molecule has 2 nitrogen and oxygen atoms in total. The Labute approximate surface area is 77.2 Å². The molecule has 0 aliphatic heterocycles. The van der Waals surface area contributed by atoms with Gasteiger partial charge >= 0.3 is 0 Å². The van der Waals surface area contributed by atoms with Crippen molar-refractivity contribution in [3.8, 4) is 0 Å². The normalized spacial score (nSPS) is 11.9. The van der Waals surface area contributed by atoms with Crippen molar-refractivity contribution in [3.05, 3.63) is 35.6 Å². The molecule has 0 unspecified atom stereocenters. The molecular weight excluding hydrogens is 179 g/mol. The highest BCUT2D eigenvalue weighted by Crippen LogP contribution is 2.09. The maximum atomic E-state index is 12.6. The highest BCUT2D eigenvalue weighted by Gasteiger charge is 2.02. The molecule has 12 heavy (non-hydrogen) atoms. The fraction of sp³-hybridized carbons (Fsp3) is 0.250. The van der Waals surface area contributed by atoms with Gasteiger partial charge in [0.1, 0.15) is 5.82 Å². The summed E-state index contributed by atoms with van der Waals surface area (Å²) in [7, 11) is 0. The molecule has 4 N–H and O–H groups in total. The van der Waals surface area contributed by atoms with Gasteiger partial charge in [-0.3, -0.25) is 0 Å². The molecule has 4 heteroatoms. The largest absolute Gasteiger partial charge is 0.329 e. The summed E-state index contributed by atoms with van der Waals surface area (Å²) in [5, 5.41) is 0. The number of halogens is 2. The van der Waals surface area contributed by atoms with E-state index in [1.54, 1.807) is 12.1 Å². The van der Waals surface area contributed by atoms with Gasteiger partial charge in [-0.25, -0.2) is 4.39 Å². The molecule has 0 aromatic heterocycles. The summed E-state index contributed by atoms with van der Waals surface area (Å²) in [5.74, 6) is -0.272. The second-order valence-electron chi connectivity index (χ2n) is 2.40. The van der Waals surface area contributed by atoms with Gasteiger partial charge in [0.25, 0.3) is 0 Å². The molecule has 0 bridgehead atoms. The van der Waals surface area contributed by atoms with Crippen molar-refractivity contribution in [1.29, 1.82) is 0 Å². The SMILES string of the molecule is Cl.NC[C@@H](N)c1cccc(F)c1. The van der Waals surface area contributed by atoms with Gasteiger partial charge in [0.05, 0.1) is 0 Å². The molecule has 0 radical (unpaired) electrons. The fourth-order valence-electron chi connectivity index (χ4n) is 0.873. The van der Waals surface area contributed by atoms with E-state index in [1.807, 2.05) is 0 Å². The summed E-state index contributed by atoms with van der Waals surface area (Å²) >= 11 is 0. The van der Waals surface area contributed by atoms with E-state index in [-0.39, 0.29) is 24.3 Å². The summed E-state index contributed by atoms with van der Waals surface area (Å²) in [4.78, 5) is 0. The Morgan fingerprint density at radius 1 is 1.42 bits per heavy atom. The first kappa shape index (κ1) is 11.4. The first-order valence-corrected chi connectivity index (χ1v) is 3.45. The zero-order valence-corrected chi connectivity index (χ0v) is 7.35. The average Bonchev–Trinajstić information content (AvgIpc) is 2.03. The molecule has 0 amide bonds. The van der Waals surface area contributed by atoms with Crippen LogP contribution in [0.2, 0.25) is 0 Å². The van der Waals surface area contributed by atoms with Crippen LogP contribution in [-0.4, -0.2) is 6.54 Å². The summed E-state index contributed by atoms with van der Waals surface area (Å²) in [6.45, 7) is 0.337. The first-order chi connectivity index (χ1) is 5.24. The zero-order valence-electron chi connectivity index (χ0n) is 6.53. The predicted octanol–water partition coefficient (Wildman–Crippen LogP) is 1.21. The van der Waals surface area contributed by atoms with Crippen LogP contribution < -0.4 is 11.5 Å². The molecule has 0 aliphatic rings.